The molecule has 0 aliphatic carbocycles. The maximum atomic E-state index is 12.9. The molecule has 1 heterocycles. The predicted molar refractivity (Wildman–Crippen MR) is 77.9 cm³/mol. The van der Waals surface area contributed by atoms with Gasteiger partial charge in [-0.25, -0.2) is 4.79 Å². The third-order valence-electron chi connectivity index (χ3n) is 3.85. The second-order valence-electron chi connectivity index (χ2n) is 5.71. The Hall–Kier alpha value is -1.90. The highest BCUT2D eigenvalue weighted by Gasteiger charge is 2.59. The Kier molecular flexibility index (Phi) is 6.21. The third-order valence-corrected chi connectivity index (χ3v) is 3.85. The molecule has 1 fully saturated rings. The first kappa shape index (κ1) is 19.4. The minimum atomic E-state index is -5.79. The second-order valence-corrected chi connectivity index (χ2v) is 5.71. The monoisotopic (exact) mass is 367 g/mol. The number of halogens is 5. The fourth-order valence-electron chi connectivity index (χ4n) is 2.50. The summed E-state index contributed by atoms with van der Waals surface area (Å²) in [6, 6.07) is 7.93. The van der Waals surface area contributed by atoms with Crippen LogP contribution < -0.4 is 0 Å². The first-order chi connectivity index (χ1) is 11.7. The molecule has 1 atom stereocenters. The zero-order valence-corrected chi connectivity index (χ0v) is 13.3. The van der Waals surface area contributed by atoms with E-state index in [0.717, 1.165) is 10.5 Å². The molecule has 1 unspecified atom stereocenters. The van der Waals surface area contributed by atoms with E-state index in [-0.39, 0.29) is 19.6 Å². The Balaban J connectivity index is 1.92. The predicted octanol–water partition coefficient (Wildman–Crippen LogP) is 4.35. The number of carbonyl (C=O) groups is 1. The van der Waals surface area contributed by atoms with Gasteiger partial charge < -0.3 is 14.4 Å². The lowest BCUT2D eigenvalue weighted by molar-refractivity contribution is -0.393. The SMILES string of the molecule is O=C(OCc1ccccc1)N1CCCCC1COC(F)(F)C(F)(F)F. The van der Waals surface area contributed by atoms with E-state index < -0.39 is 31.0 Å². The van der Waals surface area contributed by atoms with Gasteiger partial charge in [-0.2, -0.15) is 22.0 Å². The van der Waals surface area contributed by atoms with Crippen molar-refractivity contribution in [1.29, 1.82) is 0 Å². The molecule has 1 aliphatic heterocycles. The van der Waals surface area contributed by atoms with Crippen molar-refractivity contribution in [3.63, 3.8) is 0 Å². The lowest BCUT2D eigenvalue weighted by Gasteiger charge is -2.35. The van der Waals surface area contributed by atoms with Gasteiger partial charge in [0.15, 0.2) is 0 Å². The number of hydrogen-bond donors (Lipinski definition) is 0. The first-order valence-corrected chi connectivity index (χ1v) is 7.76. The molecule has 9 heteroatoms. The Morgan fingerprint density at radius 1 is 1.12 bits per heavy atom. The van der Waals surface area contributed by atoms with E-state index in [1.54, 1.807) is 30.3 Å². The largest absolute Gasteiger partial charge is 0.482 e. The van der Waals surface area contributed by atoms with Gasteiger partial charge in [0, 0.05) is 6.54 Å². The lowest BCUT2D eigenvalue weighted by Crippen LogP contribution is -2.49. The van der Waals surface area contributed by atoms with E-state index in [1.165, 1.54) is 0 Å². The molecule has 140 valence electrons. The zero-order valence-electron chi connectivity index (χ0n) is 13.3. The topological polar surface area (TPSA) is 38.8 Å². The lowest BCUT2D eigenvalue weighted by atomic mass is 10.0. The zero-order chi connectivity index (χ0) is 18.5. The Morgan fingerprint density at radius 2 is 1.80 bits per heavy atom. The molecule has 1 aromatic rings. The average Bonchev–Trinajstić information content (AvgIpc) is 2.58. The Morgan fingerprint density at radius 3 is 2.44 bits per heavy atom. The molecule has 1 aliphatic rings. The van der Waals surface area contributed by atoms with Crippen LogP contribution in [0.4, 0.5) is 26.7 Å². The van der Waals surface area contributed by atoms with E-state index in [2.05, 4.69) is 4.74 Å². The normalized spacial score (nSPS) is 18.9. The maximum Gasteiger partial charge on any atom is 0.482 e. The van der Waals surface area contributed by atoms with Crippen molar-refractivity contribution in [2.24, 2.45) is 0 Å². The summed E-state index contributed by atoms with van der Waals surface area (Å²) < 4.78 is 71.2. The van der Waals surface area contributed by atoms with Crippen LogP contribution in [-0.4, -0.2) is 42.5 Å². The number of likely N-dealkylation sites (tertiary alicyclic amines) is 1. The Bertz CT molecular complexity index is 565. The van der Waals surface area contributed by atoms with Gasteiger partial charge in [-0.05, 0) is 24.8 Å². The molecule has 1 amide bonds. The standard InChI is InChI=1S/C16H18F5NO3/c17-15(18,19)16(20,21)25-11-13-8-4-5-9-22(13)14(23)24-10-12-6-2-1-3-7-12/h1-3,6-7,13H,4-5,8-11H2. The summed E-state index contributed by atoms with van der Waals surface area (Å²) in [6.45, 7) is -0.700. The molecule has 0 radical (unpaired) electrons. The van der Waals surface area contributed by atoms with Crippen LogP contribution in [0.15, 0.2) is 30.3 Å². The summed E-state index contributed by atoms with van der Waals surface area (Å²) in [4.78, 5) is 13.3. The van der Waals surface area contributed by atoms with Crippen molar-refractivity contribution >= 4 is 6.09 Å². The molecule has 0 bridgehead atoms. The van der Waals surface area contributed by atoms with Gasteiger partial charge in [-0.3, -0.25) is 0 Å². The van der Waals surface area contributed by atoms with Crippen molar-refractivity contribution < 1.29 is 36.2 Å². The van der Waals surface area contributed by atoms with Crippen molar-refractivity contribution in [2.45, 2.75) is 44.2 Å². The van der Waals surface area contributed by atoms with Crippen LogP contribution in [0.2, 0.25) is 0 Å². The summed E-state index contributed by atoms with van der Waals surface area (Å²) in [7, 11) is 0. The van der Waals surface area contributed by atoms with Gasteiger partial charge in [0.25, 0.3) is 0 Å². The summed E-state index contributed by atoms with van der Waals surface area (Å²) in [5.41, 5.74) is 0.740. The fourth-order valence-corrected chi connectivity index (χ4v) is 2.50. The summed E-state index contributed by atoms with van der Waals surface area (Å²) in [6.07, 6.45) is -10.3. The average molecular weight is 367 g/mol. The molecule has 0 spiro atoms. The van der Waals surface area contributed by atoms with Crippen LogP contribution in [0.25, 0.3) is 0 Å². The highest BCUT2D eigenvalue weighted by atomic mass is 19.4. The van der Waals surface area contributed by atoms with E-state index in [4.69, 9.17) is 4.74 Å². The number of piperidine rings is 1. The van der Waals surface area contributed by atoms with Crippen LogP contribution in [0.1, 0.15) is 24.8 Å². The molecule has 0 aromatic heterocycles. The molecule has 0 saturated carbocycles. The second kappa shape index (κ2) is 7.99. The van der Waals surface area contributed by atoms with Crippen LogP contribution in [0.5, 0.6) is 0 Å². The van der Waals surface area contributed by atoms with Gasteiger partial charge in [-0.15, -0.1) is 0 Å². The van der Waals surface area contributed by atoms with E-state index in [1.807, 2.05) is 0 Å². The molecular weight excluding hydrogens is 349 g/mol. The van der Waals surface area contributed by atoms with Gasteiger partial charge in [-0.1, -0.05) is 30.3 Å². The highest BCUT2D eigenvalue weighted by Crippen LogP contribution is 2.36. The van der Waals surface area contributed by atoms with Gasteiger partial charge in [0.2, 0.25) is 0 Å². The molecular formula is C16H18F5NO3. The highest BCUT2D eigenvalue weighted by molar-refractivity contribution is 5.68. The number of ether oxygens (including phenoxy) is 2. The van der Waals surface area contributed by atoms with Crippen molar-refractivity contribution in [2.75, 3.05) is 13.2 Å². The van der Waals surface area contributed by atoms with Gasteiger partial charge in [0.05, 0.1) is 12.6 Å². The van der Waals surface area contributed by atoms with E-state index >= 15 is 0 Å². The minimum Gasteiger partial charge on any atom is -0.445 e. The van der Waals surface area contributed by atoms with E-state index in [0.29, 0.717) is 12.8 Å². The Labute approximate surface area is 141 Å². The molecule has 1 aromatic carbocycles. The number of hydrogen-bond acceptors (Lipinski definition) is 3. The number of rotatable bonds is 5. The first-order valence-electron chi connectivity index (χ1n) is 7.76. The van der Waals surface area contributed by atoms with Crippen molar-refractivity contribution in [1.82, 2.24) is 4.90 Å². The third kappa shape index (κ3) is 5.29. The fraction of sp³-hybridized carbons (Fsp3) is 0.562. The van der Waals surface area contributed by atoms with Crippen molar-refractivity contribution in [3.05, 3.63) is 35.9 Å². The smallest absolute Gasteiger partial charge is 0.445 e. The van der Waals surface area contributed by atoms with Crippen LogP contribution in [0.3, 0.4) is 0 Å². The van der Waals surface area contributed by atoms with Gasteiger partial charge in [0.1, 0.15) is 6.61 Å². The number of nitrogens with zero attached hydrogens (tertiary/aromatic N) is 1. The number of amides is 1. The summed E-state index contributed by atoms with van der Waals surface area (Å²) in [5, 5.41) is 0. The van der Waals surface area contributed by atoms with Crippen molar-refractivity contribution in [3.8, 4) is 0 Å². The minimum absolute atomic E-state index is 0.0114. The number of carbonyl (C=O) groups excluding carboxylic acids is 1. The molecule has 25 heavy (non-hydrogen) atoms. The molecule has 4 nitrogen and oxygen atoms in total. The van der Waals surface area contributed by atoms with E-state index in [9.17, 15) is 26.7 Å². The number of alkyl halides is 5. The quantitative estimate of drug-likeness (QED) is 0.727. The molecule has 2 rings (SSSR count). The van der Waals surface area contributed by atoms with Crippen LogP contribution in [-0.2, 0) is 16.1 Å². The molecule has 1 saturated heterocycles. The summed E-state index contributed by atoms with van der Waals surface area (Å²) in [5.74, 6) is 0. The van der Waals surface area contributed by atoms with Crippen LogP contribution in [0, 0.1) is 0 Å². The number of benzene rings is 1. The van der Waals surface area contributed by atoms with Gasteiger partial charge >= 0.3 is 18.4 Å². The van der Waals surface area contributed by atoms with Crippen LogP contribution >= 0.6 is 0 Å². The maximum absolute atomic E-state index is 12.9. The summed E-state index contributed by atoms with van der Waals surface area (Å²) >= 11 is 0. The molecule has 0 N–H and O–H groups in total.